The maximum Gasteiger partial charge on any atom is 0.417 e. The average molecular weight is 368 g/mol. The van der Waals surface area contributed by atoms with Crippen molar-refractivity contribution in [3.63, 3.8) is 0 Å². The van der Waals surface area contributed by atoms with E-state index < -0.39 is 32.2 Å². The quantitative estimate of drug-likeness (QED) is 0.547. The lowest BCUT2D eigenvalue weighted by atomic mass is 9.93. The van der Waals surface area contributed by atoms with Crippen molar-refractivity contribution in [3.8, 4) is 0 Å². The highest BCUT2D eigenvalue weighted by molar-refractivity contribution is 6.73. The molecule has 1 aromatic heterocycles. The molecule has 2 amide bonds. The van der Waals surface area contributed by atoms with Crippen molar-refractivity contribution >= 4 is 20.3 Å². The number of likely N-dealkylation sites (tertiary alicyclic amines) is 1. The summed E-state index contributed by atoms with van der Waals surface area (Å²) in [6.07, 6.45) is 1.81. The summed E-state index contributed by atoms with van der Waals surface area (Å²) in [5.74, 6) is -0.326. The van der Waals surface area contributed by atoms with Gasteiger partial charge in [-0.25, -0.2) is 9.69 Å². The monoisotopic (exact) mass is 367 g/mol. The highest BCUT2D eigenvalue weighted by Crippen LogP contribution is 2.41. The summed E-state index contributed by atoms with van der Waals surface area (Å²) in [5, 5.41) is 0. The van der Waals surface area contributed by atoms with Crippen molar-refractivity contribution in [1.29, 1.82) is 0 Å². The molecule has 2 rings (SSSR count). The van der Waals surface area contributed by atoms with Gasteiger partial charge in [0, 0.05) is 5.56 Å². The van der Waals surface area contributed by atoms with E-state index in [4.69, 9.17) is 13.6 Å². The second kappa shape index (κ2) is 7.33. The summed E-state index contributed by atoms with van der Waals surface area (Å²) < 4.78 is 16.9. The molecule has 2 heterocycles. The van der Waals surface area contributed by atoms with Crippen LogP contribution in [0, 0.1) is 0 Å². The van der Waals surface area contributed by atoms with Crippen LogP contribution in [0.25, 0.3) is 0 Å². The van der Waals surface area contributed by atoms with Crippen LogP contribution >= 0.6 is 0 Å². The van der Waals surface area contributed by atoms with Gasteiger partial charge in [0.15, 0.2) is 14.4 Å². The summed E-state index contributed by atoms with van der Waals surface area (Å²) in [7, 11) is -1.99. The molecular formula is C18H29NO5Si. The van der Waals surface area contributed by atoms with Crippen LogP contribution in [-0.4, -0.2) is 36.9 Å². The van der Waals surface area contributed by atoms with E-state index in [1.165, 1.54) is 6.26 Å². The Hall–Kier alpha value is -1.60. The summed E-state index contributed by atoms with van der Waals surface area (Å²) in [6, 6.07) is 4.09. The van der Waals surface area contributed by atoms with Crippen molar-refractivity contribution in [2.24, 2.45) is 0 Å². The van der Waals surface area contributed by atoms with E-state index in [0.717, 1.165) is 28.6 Å². The van der Waals surface area contributed by atoms with Crippen LogP contribution in [0.5, 0.6) is 0 Å². The minimum Gasteiger partial charge on any atom is -0.472 e. The van der Waals surface area contributed by atoms with Crippen LogP contribution in [0.1, 0.15) is 53.1 Å². The predicted octanol–water partition coefficient (Wildman–Crippen LogP) is 4.49. The molecule has 7 heteroatoms. The van der Waals surface area contributed by atoms with Gasteiger partial charge < -0.3 is 13.6 Å². The Balaban J connectivity index is 2.27. The van der Waals surface area contributed by atoms with E-state index in [2.05, 4.69) is 20.8 Å². The van der Waals surface area contributed by atoms with Gasteiger partial charge in [0.1, 0.15) is 11.6 Å². The normalized spacial score (nSPS) is 21.2. The molecule has 1 aliphatic rings. The molecule has 2 atom stereocenters. The van der Waals surface area contributed by atoms with Crippen LogP contribution < -0.4 is 0 Å². The van der Waals surface area contributed by atoms with Gasteiger partial charge in [-0.15, -0.1) is 0 Å². The Morgan fingerprint density at radius 1 is 1.24 bits per heavy atom. The second-order valence-corrected chi connectivity index (χ2v) is 12.2. The number of carbonyl (C=O) groups is 2. The standard InChI is InChI=1S/C18H29NO5Si/c1-7-25(8-2,9-3)24-15-14(13-10-11-22-12-13)19(16(15)20)17(21)23-18(4,5)6/h10-12,14-15H,7-9H2,1-6H3. The fourth-order valence-electron chi connectivity index (χ4n) is 3.13. The number of rotatable bonds is 6. The third-order valence-electron chi connectivity index (χ3n) is 4.83. The Morgan fingerprint density at radius 3 is 2.28 bits per heavy atom. The highest BCUT2D eigenvalue weighted by atomic mass is 28.4. The number of amides is 2. The fourth-order valence-corrected chi connectivity index (χ4v) is 5.90. The molecule has 1 fully saturated rings. The molecule has 0 aromatic carbocycles. The van der Waals surface area contributed by atoms with Crippen molar-refractivity contribution in [3.05, 3.63) is 24.2 Å². The van der Waals surface area contributed by atoms with Gasteiger partial charge in [0.2, 0.25) is 0 Å². The third-order valence-corrected chi connectivity index (χ3v) is 9.45. The van der Waals surface area contributed by atoms with E-state index >= 15 is 0 Å². The molecule has 1 aromatic rings. The van der Waals surface area contributed by atoms with Crippen molar-refractivity contribution in [1.82, 2.24) is 4.90 Å². The first kappa shape index (κ1) is 19.7. The zero-order chi connectivity index (χ0) is 18.8. The van der Waals surface area contributed by atoms with Gasteiger partial charge >= 0.3 is 6.09 Å². The number of hydrogen-bond acceptors (Lipinski definition) is 5. The number of ether oxygens (including phenoxy) is 1. The topological polar surface area (TPSA) is 69.0 Å². The molecule has 1 aliphatic heterocycles. The largest absolute Gasteiger partial charge is 0.472 e. The lowest BCUT2D eigenvalue weighted by Crippen LogP contribution is -2.65. The third kappa shape index (κ3) is 3.98. The van der Waals surface area contributed by atoms with E-state index in [0.29, 0.717) is 0 Å². The van der Waals surface area contributed by atoms with E-state index in [9.17, 15) is 9.59 Å². The van der Waals surface area contributed by atoms with Gasteiger partial charge in [0.05, 0.1) is 12.5 Å². The maximum atomic E-state index is 12.7. The Bertz CT molecular complexity index is 595. The summed E-state index contributed by atoms with van der Waals surface area (Å²) in [6.45, 7) is 11.7. The van der Waals surface area contributed by atoms with Gasteiger partial charge in [-0.2, -0.15) is 0 Å². The van der Waals surface area contributed by atoms with Gasteiger partial charge in [-0.1, -0.05) is 20.8 Å². The molecule has 0 radical (unpaired) electrons. The number of carbonyl (C=O) groups excluding carboxylic acids is 2. The predicted molar refractivity (Wildman–Crippen MR) is 96.6 cm³/mol. The Morgan fingerprint density at radius 2 is 1.84 bits per heavy atom. The average Bonchev–Trinajstić information content (AvgIpc) is 3.05. The molecule has 0 aliphatic carbocycles. The lowest BCUT2D eigenvalue weighted by molar-refractivity contribution is -0.162. The number of imide groups is 1. The first-order valence-corrected chi connectivity index (χ1v) is 11.5. The lowest BCUT2D eigenvalue weighted by Gasteiger charge is -2.48. The molecule has 25 heavy (non-hydrogen) atoms. The van der Waals surface area contributed by atoms with E-state index in [1.54, 1.807) is 33.1 Å². The molecule has 0 saturated carbocycles. The van der Waals surface area contributed by atoms with Crippen LogP contribution in [0.4, 0.5) is 4.79 Å². The SMILES string of the molecule is CC[Si](CC)(CC)OC1C(=O)N(C(=O)OC(C)(C)C)C1c1ccoc1. The second-order valence-electron chi connectivity index (χ2n) is 7.47. The molecule has 2 unspecified atom stereocenters. The molecule has 1 saturated heterocycles. The Kier molecular flexibility index (Phi) is 5.78. The van der Waals surface area contributed by atoms with E-state index in [-0.39, 0.29) is 5.91 Å². The highest BCUT2D eigenvalue weighted by Gasteiger charge is 2.56. The minimum absolute atomic E-state index is 0.326. The van der Waals surface area contributed by atoms with Crippen molar-refractivity contribution < 1.29 is 23.2 Å². The molecule has 0 bridgehead atoms. The van der Waals surface area contributed by atoms with Gasteiger partial charge in [-0.3, -0.25) is 4.79 Å². The maximum absolute atomic E-state index is 12.7. The summed E-state index contributed by atoms with van der Waals surface area (Å²) in [4.78, 5) is 26.4. The molecule has 140 valence electrons. The number of furan rings is 1. The van der Waals surface area contributed by atoms with E-state index in [1.807, 2.05) is 0 Å². The molecular weight excluding hydrogens is 338 g/mol. The Labute approximate surface area is 150 Å². The number of β-lactam (4-membered cyclic amide) rings is 1. The summed E-state index contributed by atoms with van der Waals surface area (Å²) >= 11 is 0. The summed E-state index contributed by atoms with van der Waals surface area (Å²) in [5.41, 5.74) is 0.0839. The molecule has 6 nitrogen and oxygen atoms in total. The van der Waals surface area contributed by atoms with Crippen LogP contribution in [0.2, 0.25) is 18.1 Å². The first-order chi connectivity index (χ1) is 11.7. The van der Waals surface area contributed by atoms with Crippen molar-refractivity contribution in [2.45, 2.75) is 77.4 Å². The first-order valence-electron chi connectivity index (χ1n) is 8.94. The molecule has 0 N–H and O–H groups in total. The van der Waals surface area contributed by atoms with Gasteiger partial charge in [-0.05, 0) is 45.0 Å². The number of nitrogens with zero attached hydrogens (tertiary/aromatic N) is 1. The zero-order valence-corrected chi connectivity index (χ0v) is 17.0. The van der Waals surface area contributed by atoms with Crippen LogP contribution in [-0.2, 0) is 14.0 Å². The number of hydrogen-bond donors (Lipinski definition) is 0. The van der Waals surface area contributed by atoms with Gasteiger partial charge in [0.25, 0.3) is 5.91 Å². The smallest absolute Gasteiger partial charge is 0.417 e. The fraction of sp³-hybridized carbons (Fsp3) is 0.667. The zero-order valence-electron chi connectivity index (χ0n) is 16.0. The minimum atomic E-state index is -1.99. The van der Waals surface area contributed by atoms with Crippen LogP contribution in [0.3, 0.4) is 0 Å². The van der Waals surface area contributed by atoms with Crippen molar-refractivity contribution in [2.75, 3.05) is 0 Å². The van der Waals surface area contributed by atoms with Crippen LogP contribution in [0.15, 0.2) is 23.0 Å². The molecule has 0 spiro atoms.